The van der Waals surface area contributed by atoms with E-state index in [1.807, 2.05) is 6.92 Å². The van der Waals surface area contributed by atoms with Gasteiger partial charge in [-0.2, -0.15) is 0 Å². The minimum atomic E-state index is -0.290. The average molecular weight is 310 g/mol. The maximum atomic E-state index is 12.2. The third-order valence-electron chi connectivity index (χ3n) is 2.61. The first-order chi connectivity index (χ1) is 9.61. The quantitative estimate of drug-likeness (QED) is 0.893. The van der Waals surface area contributed by atoms with Gasteiger partial charge in [-0.25, -0.2) is 0 Å². The molecule has 0 unspecified atom stereocenters. The van der Waals surface area contributed by atoms with E-state index in [1.165, 1.54) is 0 Å². The summed E-state index contributed by atoms with van der Waals surface area (Å²) in [6, 6.07) is 12.0. The van der Waals surface area contributed by atoms with Crippen molar-refractivity contribution in [2.75, 3.05) is 11.9 Å². The van der Waals surface area contributed by atoms with Gasteiger partial charge in [0.05, 0.1) is 22.3 Å². The molecular formula is C15H13Cl2NO2. The first-order valence-electron chi connectivity index (χ1n) is 6.10. The minimum absolute atomic E-state index is 0.290. The van der Waals surface area contributed by atoms with Gasteiger partial charge in [-0.1, -0.05) is 35.3 Å². The van der Waals surface area contributed by atoms with Gasteiger partial charge in [-0.15, -0.1) is 0 Å². The van der Waals surface area contributed by atoms with Gasteiger partial charge in [-0.05, 0) is 37.3 Å². The maximum absolute atomic E-state index is 12.2. The molecular weight excluding hydrogens is 297 g/mol. The summed E-state index contributed by atoms with van der Waals surface area (Å²) in [6.45, 7) is 2.43. The third-order valence-corrected chi connectivity index (χ3v) is 3.24. The number of hydrogen-bond donors (Lipinski definition) is 1. The lowest BCUT2D eigenvalue weighted by Gasteiger charge is -2.10. The van der Waals surface area contributed by atoms with Gasteiger partial charge in [0.25, 0.3) is 5.91 Å². The number of rotatable bonds is 4. The fourth-order valence-corrected chi connectivity index (χ4v) is 2.19. The first kappa shape index (κ1) is 14.7. The highest BCUT2D eigenvalue weighted by molar-refractivity contribution is 6.40. The molecule has 0 saturated carbocycles. The van der Waals surface area contributed by atoms with Crippen molar-refractivity contribution in [2.45, 2.75) is 6.92 Å². The third kappa shape index (κ3) is 3.44. The number of carbonyl (C=O) groups is 1. The molecule has 20 heavy (non-hydrogen) atoms. The highest BCUT2D eigenvalue weighted by Crippen LogP contribution is 2.30. The van der Waals surface area contributed by atoms with Crippen LogP contribution >= 0.6 is 23.2 Å². The van der Waals surface area contributed by atoms with Gasteiger partial charge >= 0.3 is 0 Å². The van der Waals surface area contributed by atoms with E-state index in [0.717, 1.165) is 0 Å². The lowest BCUT2D eigenvalue weighted by Crippen LogP contribution is -2.12. The molecule has 104 valence electrons. The smallest absolute Gasteiger partial charge is 0.255 e. The number of para-hydroxylation sites is 1. The Kier molecular flexibility index (Phi) is 4.88. The van der Waals surface area contributed by atoms with Gasteiger partial charge in [0.15, 0.2) is 0 Å². The molecule has 1 amide bonds. The number of anilines is 1. The van der Waals surface area contributed by atoms with Crippen molar-refractivity contribution < 1.29 is 9.53 Å². The number of carbonyl (C=O) groups excluding carboxylic acids is 1. The Morgan fingerprint density at radius 2 is 1.80 bits per heavy atom. The Balaban J connectivity index is 2.22. The second-order valence-corrected chi connectivity index (χ2v) is 4.83. The molecule has 2 aromatic rings. The number of hydrogen-bond acceptors (Lipinski definition) is 2. The second-order valence-electron chi connectivity index (χ2n) is 4.01. The predicted molar refractivity (Wildman–Crippen MR) is 82.0 cm³/mol. The van der Waals surface area contributed by atoms with Crippen LogP contribution in [0.5, 0.6) is 5.75 Å². The van der Waals surface area contributed by atoms with E-state index in [2.05, 4.69) is 5.32 Å². The summed E-state index contributed by atoms with van der Waals surface area (Å²) in [7, 11) is 0. The highest BCUT2D eigenvalue weighted by atomic mass is 35.5. The molecule has 5 heteroatoms. The van der Waals surface area contributed by atoms with E-state index < -0.39 is 0 Å². The molecule has 0 spiro atoms. The zero-order valence-corrected chi connectivity index (χ0v) is 12.3. The zero-order chi connectivity index (χ0) is 14.5. The molecule has 0 saturated heterocycles. The standard InChI is InChI=1S/C15H13Cl2NO2/c1-2-20-11-6-3-5-10(9-11)15(19)18-14-12(16)7-4-8-13(14)17/h3-9H,2H2,1H3,(H,18,19). The van der Waals surface area contributed by atoms with Crippen LogP contribution in [0.2, 0.25) is 10.0 Å². The lowest BCUT2D eigenvalue weighted by molar-refractivity contribution is 0.102. The molecule has 0 aliphatic rings. The Hall–Kier alpha value is -1.71. The van der Waals surface area contributed by atoms with E-state index >= 15 is 0 Å². The molecule has 0 aliphatic carbocycles. The minimum Gasteiger partial charge on any atom is -0.494 e. The predicted octanol–water partition coefficient (Wildman–Crippen LogP) is 4.64. The fourth-order valence-electron chi connectivity index (χ4n) is 1.70. The number of ether oxygens (including phenoxy) is 1. The maximum Gasteiger partial charge on any atom is 0.255 e. The fraction of sp³-hybridized carbons (Fsp3) is 0.133. The number of benzene rings is 2. The number of amides is 1. The first-order valence-corrected chi connectivity index (χ1v) is 6.85. The second kappa shape index (κ2) is 6.64. The van der Waals surface area contributed by atoms with Crippen molar-refractivity contribution >= 4 is 34.8 Å². The van der Waals surface area contributed by atoms with E-state index in [-0.39, 0.29) is 5.91 Å². The molecule has 0 atom stereocenters. The molecule has 0 heterocycles. The monoisotopic (exact) mass is 309 g/mol. The zero-order valence-electron chi connectivity index (χ0n) is 10.8. The van der Waals surface area contributed by atoms with Crippen LogP contribution < -0.4 is 10.1 Å². The van der Waals surface area contributed by atoms with Crippen LogP contribution in [-0.4, -0.2) is 12.5 Å². The van der Waals surface area contributed by atoms with Crippen LogP contribution in [-0.2, 0) is 0 Å². The lowest BCUT2D eigenvalue weighted by atomic mass is 10.2. The van der Waals surface area contributed by atoms with E-state index in [4.69, 9.17) is 27.9 Å². The van der Waals surface area contributed by atoms with Crippen molar-refractivity contribution in [2.24, 2.45) is 0 Å². The summed E-state index contributed by atoms with van der Waals surface area (Å²) in [5.41, 5.74) is 0.884. The molecule has 1 N–H and O–H groups in total. The van der Waals surface area contributed by atoms with Crippen molar-refractivity contribution in [3.05, 3.63) is 58.1 Å². The Morgan fingerprint density at radius 3 is 2.45 bits per heavy atom. The Bertz CT molecular complexity index is 609. The van der Waals surface area contributed by atoms with Crippen LogP contribution in [0.1, 0.15) is 17.3 Å². The summed E-state index contributed by atoms with van der Waals surface area (Å²) in [5.74, 6) is 0.354. The molecule has 0 bridgehead atoms. The largest absolute Gasteiger partial charge is 0.494 e. The van der Waals surface area contributed by atoms with Crippen molar-refractivity contribution in [1.82, 2.24) is 0 Å². The van der Waals surface area contributed by atoms with Gasteiger partial charge in [0.1, 0.15) is 5.75 Å². The molecule has 2 aromatic carbocycles. The SMILES string of the molecule is CCOc1cccc(C(=O)Nc2c(Cl)cccc2Cl)c1. The van der Waals surface area contributed by atoms with Crippen LogP contribution in [0, 0.1) is 0 Å². The van der Waals surface area contributed by atoms with Crippen molar-refractivity contribution in [3.8, 4) is 5.75 Å². The van der Waals surface area contributed by atoms with Crippen LogP contribution in [0.3, 0.4) is 0 Å². The topological polar surface area (TPSA) is 38.3 Å². The molecule has 0 radical (unpaired) electrons. The summed E-state index contributed by atoms with van der Waals surface area (Å²) >= 11 is 12.0. The molecule has 3 nitrogen and oxygen atoms in total. The number of nitrogens with one attached hydrogen (secondary N) is 1. The van der Waals surface area contributed by atoms with Crippen molar-refractivity contribution in [1.29, 1.82) is 0 Å². The molecule has 0 aliphatic heterocycles. The van der Waals surface area contributed by atoms with Crippen LogP contribution in [0.25, 0.3) is 0 Å². The normalized spacial score (nSPS) is 10.2. The van der Waals surface area contributed by atoms with Gasteiger partial charge < -0.3 is 10.1 Å². The summed E-state index contributed by atoms with van der Waals surface area (Å²) in [6.07, 6.45) is 0. The molecule has 0 aromatic heterocycles. The van der Waals surface area contributed by atoms with Gasteiger partial charge in [0, 0.05) is 5.56 Å². The summed E-state index contributed by atoms with van der Waals surface area (Å²) in [4.78, 5) is 12.2. The Labute approximate surface area is 127 Å². The van der Waals surface area contributed by atoms with Crippen molar-refractivity contribution in [3.63, 3.8) is 0 Å². The van der Waals surface area contributed by atoms with Gasteiger partial charge in [-0.3, -0.25) is 4.79 Å². The highest BCUT2D eigenvalue weighted by Gasteiger charge is 2.11. The van der Waals surface area contributed by atoms with Crippen LogP contribution in [0.15, 0.2) is 42.5 Å². The summed E-state index contributed by atoms with van der Waals surface area (Å²) in [5, 5.41) is 3.50. The Morgan fingerprint density at radius 1 is 1.15 bits per heavy atom. The average Bonchev–Trinajstić information content (AvgIpc) is 2.43. The molecule has 0 fully saturated rings. The summed E-state index contributed by atoms with van der Waals surface area (Å²) < 4.78 is 5.36. The van der Waals surface area contributed by atoms with Crippen LogP contribution in [0.4, 0.5) is 5.69 Å². The number of halogens is 2. The van der Waals surface area contributed by atoms with Gasteiger partial charge in [0.2, 0.25) is 0 Å². The molecule has 2 rings (SSSR count). The van der Waals surface area contributed by atoms with E-state index in [9.17, 15) is 4.79 Å². The van der Waals surface area contributed by atoms with E-state index in [0.29, 0.717) is 33.7 Å². The van der Waals surface area contributed by atoms with E-state index in [1.54, 1.807) is 42.5 Å².